The summed E-state index contributed by atoms with van der Waals surface area (Å²) in [6.07, 6.45) is 0. The standard InChI is InChI=1S/C19H12O6/c1-22-19-14(7-3-12-5-9-17(21)25-18(12)19)23-13-6-2-11-4-8-16(20)24-15(11)10-13/h2-10H,1H3. The maximum Gasteiger partial charge on any atom is 0.336 e. The molecule has 2 aromatic carbocycles. The highest BCUT2D eigenvalue weighted by Crippen LogP contribution is 2.37. The van der Waals surface area contributed by atoms with Crippen LogP contribution in [0.1, 0.15) is 0 Å². The summed E-state index contributed by atoms with van der Waals surface area (Å²) in [5.41, 5.74) is -0.193. The second-order valence-corrected chi connectivity index (χ2v) is 5.33. The van der Waals surface area contributed by atoms with E-state index in [-0.39, 0.29) is 0 Å². The van der Waals surface area contributed by atoms with E-state index in [1.54, 1.807) is 42.5 Å². The van der Waals surface area contributed by atoms with Gasteiger partial charge in [0.05, 0.1) is 7.11 Å². The second-order valence-electron chi connectivity index (χ2n) is 5.33. The SMILES string of the molecule is COc1c(Oc2ccc3ccc(=O)oc3c2)ccc2ccc(=O)oc12. The van der Waals surface area contributed by atoms with Crippen molar-refractivity contribution in [1.29, 1.82) is 0 Å². The molecule has 0 N–H and O–H groups in total. The van der Waals surface area contributed by atoms with E-state index in [1.165, 1.54) is 19.2 Å². The summed E-state index contributed by atoms with van der Waals surface area (Å²) in [4.78, 5) is 22.9. The van der Waals surface area contributed by atoms with Gasteiger partial charge in [-0.2, -0.15) is 0 Å². The lowest BCUT2D eigenvalue weighted by atomic mass is 10.2. The molecule has 0 aliphatic heterocycles. The Balaban J connectivity index is 1.82. The lowest BCUT2D eigenvalue weighted by Crippen LogP contribution is -1.98. The van der Waals surface area contributed by atoms with Crippen molar-refractivity contribution in [3.63, 3.8) is 0 Å². The van der Waals surface area contributed by atoms with Crippen LogP contribution in [0.2, 0.25) is 0 Å². The Kier molecular flexibility index (Phi) is 3.50. The normalized spacial score (nSPS) is 10.9. The molecule has 0 unspecified atom stereocenters. The van der Waals surface area contributed by atoms with E-state index >= 15 is 0 Å². The molecule has 0 amide bonds. The van der Waals surface area contributed by atoms with E-state index in [4.69, 9.17) is 18.3 Å². The van der Waals surface area contributed by atoms with Crippen molar-refractivity contribution in [1.82, 2.24) is 0 Å². The third-order valence-corrected chi connectivity index (χ3v) is 3.73. The molecule has 0 spiro atoms. The summed E-state index contributed by atoms with van der Waals surface area (Å²) < 4.78 is 21.6. The lowest BCUT2D eigenvalue weighted by Gasteiger charge is -2.12. The fourth-order valence-electron chi connectivity index (χ4n) is 2.59. The number of rotatable bonds is 3. The molecule has 6 nitrogen and oxygen atoms in total. The molecule has 2 heterocycles. The summed E-state index contributed by atoms with van der Waals surface area (Å²) in [6, 6.07) is 14.6. The van der Waals surface area contributed by atoms with Gasteiger partial charge >= 0.3 is 11.3 Å². The molecular formula is C19H12O6. The first-order valence-electron chi connectivity index (χ1n) is 7.47. The molecule has 0 aliphatic rings. The molecule has 0 atom stereocenters. The van der Waals surface area contributed by atoms with Gasteiger partial charge in [0.1, 0.15) is 11.3 Å². The molecule has 0 fully saturated rings. The van der Waals surface area contributed by atoms with Crippen molar-refractivity contribution in [2.75, 3.05) is 7.11 Å². The Labute approximate surface area is 140 Å². The van der Waals surface area contributed by atoms with E-state index in [1.807, 2.05) is 0 Å². The highest BCUT2D eigenvalue weighted by molar-refractivity contribution is 5.85. The molecule has 0 aliphatic carbocycles. The van der Waals surface area contributed by atoms with Crippen LogP contribution in [0.15, 0.2) is 73.0 Å². The second kappa shape index (κ2) is 5.83. The van der Waals surface area contributed by atoms with Crippen molar-refractivity contribution in [3.05, 3.63) is 75.4 Å². The average Bonchev–Trinajstić information content (AvgIpc) is 2.61. The van der Waals surface area contributed by atoms with E-state index in [9.17, 15) is 9.59 Å². The van der Waals surface area contributed by atoms with Crippen molar-refractivity contribution in [3.8, 4) is 17.2 Å². The predicted octanol–water partition coefficient (Wildman–Crippen LogP) is 3.70. The van der Waals surface area contributed by atoms with Crippen LogP contribution in [0.25, 0.3) is 21.9 Å². The zero-order chi connectivity index (χ0) is 17.4. The quantitative estimate of drug-likeness (QED) is 0.531. The molecule has 4 rings (SSSR count). The summed E-state index contributed by atoms with van der Waals surface area (Å²) in [5, 5.41) is 1.50. The van der Waals surface area contributed by atoms with Gasteiger partial charge in [0, 0.05) is 29.0 Å². The highest BCUT2D eigenvalue weighted by atomic mass is 16.5. The van der Waals surface area contributed by atoms with Crippen LogP contribution >= 0.6 is 0 Å². The smallest absolute Gasteiger partial charge is 0.336 e. The summed E-state index contributed by atoms with van der Waals surface area (Å²) in [6.45, 7) is 0. The number of hydrogen-bond donors (Lipinski definition) is 0. The zero-order valence-electron chi connectivity index (χ0n) is 13.1. The number of benzene rings is 2. The highest BCUT2D eigenvalue weighted by Gasteiger charge is 2.13. The minimum atomic E-state index is -0.476. The first kappa shape index (κ1) is 15.0. The monoisotopic (exact) mass is 336 g/mol. The molecule has 0 bridgehead atoms. The fourth-order valence-corrected chi connectivity index (χ4v) is 2.59. The third-order valence-electron chi connectivity index (χ3n) is 3.73. The Bertz CT molecular complexity index is 1200. The van der Waals surface area contributed by atoms with E-state index in [2.05, 4.69) is 0 Å². The number of hydrogen-bond acceptors (Lipinski definition) is 6. The summed E-state index contributed by atoms with van der Waals surface area (Å²) >= 11 is 0. The maximum atomic E-state index is 11.5. The Morgan fingerprint density at radius 2 is 1.48 bits per heavy atom. The molecule has 0 radical (unpaired) electrons. The van der Waals surface area contributed by atoms with Gasteiger partial charge in [0.15, 0.2) is 11.3 Å². The molecule has 25 heavy (non-hydrogen) atoms. The third kappa shape index (κ3) is 2.74. The van der Waals surface area contributed by atoms with Gasteiger partial charge < -0.3 is 18.3 Å². The van der Waals surface area contributed by atoms with Crippen LogP contribution in [0, 0.1) is 0 Å². The van der Waals surface area contributed by atoms with E-state index in [0.717, 1.165) is 5.39 Å². The van der Waals surface area contributed by atoms with Gasteiger partial charge in [-0.25, -0.2) is 9.59 Å². The van der Waals surface area contributed by atoms with Crippen LogP contribution in [-0.4, -0.2) is 7.11 Å². The molecular weight excluding hydrogens is 324 g/mol. The Morgan fingerprint density at radius 1 is 0.800 bits per heavy atom. The summed E-state index contributed by atoms with van der Waals surface area (Å²) in [5.74, 6) is 1.14. The average molecular weight is 336 g/mol. The van der Waals surface area contributed by atoms with Crippen LogP contribution in [-0.2, 0) is 0 Å². The van der Waals surface area contributed by atoms with Crippen molar-refractivity contribution >= 4 is 21.9 Å². The number of fused-ring (bicyclic) bond motifs is 2. The first-order valence-corrected chi connectivity index (χ1v) is 7.47. The molecule has 2 aromatic heterocycles. The minimum Gasteiger partial charge on any atom is -0.490 e. The van der Waals surface area contributed by atoms with Gasteiger partial charge in [-0.15, -0.1) is 0 Å². The van der Waals surface area contributed by atoms with Gasteiger partial charge in [-0.3, -0.25) is 0 Å². The fraction of sp³-hybridized carbons (Fsp3) is 0.0526. The first-order chi connectivity index (χ1) is 12.1. The van der Waals surface area contributed by atoms with Crippen molar-refractivity contribution in [2.24, 2.45) is 0 Å². The van der Waals surface area contributed by atoms with Crippen LogP contribution in [0.5, 0.6) is 17.2 Å². The van der Waals surface area contributed by atoms with Crippen LogP contribution in [0.3, 0.4) is 0 Å². The van der Waals surface area contributed by atoms with Gasteiger partial charge in [0.2, 0.25) is 5.75 Å². The molecule has 124 valence electrons. The maximum absolute atomic E-state index is 11.5. The molecule has 0 saturated heterocycles. The largest absolute Gasteiger partial charge is 0.490 e. The van der Waals surface area contributed by atoms with Crippen molar-refractivity contribution < 1.29 is 18.3 Å². The van der Waals surface area contributed by atoms with Crippen LogP contribution < -0.4 is 20.7 Å². The Hall–Kier alpha value is -3.54. The number of methoxy groups -OCH3 is 1. The topological polar surface area (TPSA) is 78.9 Å². The summed E-state index contributed by atoms with van der Waals surface area (Å²) in [7, 11) is 1.47. The number of ether oxygens (including phenoxy) is 2. The lowest BCUT2D eigenvalue weighted by molar-refractivity contribution is 0.374. The zero-order valence-corrected chi connectivity index (χ0v) is 13.1. The van der Waals surface area contributed by atoms with Gasteiger partial charge in [0.25, 0.3) is 0 Å². The van der Waals surface area contributed by atoms with E-state index < -0.39 is 11.3 Å². The predicted molar refractivity (Wildman–Crippen MR) is 91.6 cm³/mol. The molecule has 4 aromatic rings. The molecule has 6 heteroatoms. The van der Waals surface area contributed by atoms with E-state index in [0.29, 0.717) is 33.8 Å². The molecule has 0 saturated carbocycles. The minimum absolute atomic E-state index is 0.305. The van der Waals surface area contributed by atoms with Crippen molar-refractivity contribution in [2.45, 2.75) is 0 Å². The van der Waals surface area contributed by atoms with Gasteiger partial charge in [-0.1, -0.05) is 0 Å². The Morgan fingerprint density at radius 3 is 2.28 bits per heavy atom. The van der Waals surface area contributed by atoms with Crippen LogP contribution in [0.4, 0.5) is 0 Å². The van der Waals surface area contributed by atoms with Gasteiger partial charge in [-0.05, 0) is 36.4 Å².